The molecule has 0 aliphatic carbocycles. The fourth-order valence-electron chi connectivity index (χ4n) is 4.43. The lowest BCUT2D eigenvalue weighted by Gasteiger charge is -2.39. The third-order valence-corrected chi connectivity index (χ3v) is 7.39. The minimum atomic E-state index is -7.93. The second-order valence-corrected chi connectivity index (χ2v) is 11.1. The molecule has 0 radical (unpaired) electrons. The molecule has 0 saturated heterocycles. The van der Waals surface area contributed by atoms with Crippen LogP contribution >= 0.6 is 0 Å². The van der Waals surface area contributed by atoms with Crippen LogP contribution in [0.25, 0.3) is 11.1 Å². The van der Waals surface area contributed by atoms with E-state index in [4.69, 9.17) is 9.47 Å². The Morgan fingerprint density at radius 1 is 0.592 bits per heavy atom. The van der Waals surface area contributed by atoms with Gasteiger partial charge < -0.3 is 9.47 Å². The Balaban J connectivity index is 1.48. The highest BCUT2D eigenvalue weighted by Crippen LogP contribution is 2.60. The largest absolute Gasteiger partial charge is 0.494 e. The third-order valence-electron chi connectivity index (χ3n) is 7.39. The smallest absolute Gasteiger partial charge is 0.460 e. The second-order valence-electron chi connectivity index (χ2n) is 11.1. The van der Waals surface area contributed by atoms with Crippen molar-refractivity contribution in [2.75, 3.05) is 13.2 Å². The fourth-order valence-corrected chi connectivity index (χ4v) is 4.43. The molecule has 0 amide bonds. The summed E-state index contributed by atoms with van der Waals surface area (Å²) in [5.74, 6) is -35.7. The van der Waals surface area contributed by atoms with Crippen molar-refractivity contribution in [3.8, 4) is 22.6 Å². The van der Waals surface area contributed by atoms with Crippen LogP contribution in [0.5, 0.6) is 11.5 Å². The first-order valence-electron chi connectivity index (χ1n) is 15.0. The second kappa shape index (κ2) is 15.4. The number of halogens is 13. The predicted octanol–water partition coefficient (Wildman–Crippen LogP) is 10.0. The number of ether oxygens (including phenoxy) is 2. The van der Waals surface area contributed by atoms with Crippen LogP contribution in [0.3, 0.4) is 0 Å². The number of hydrogen-bond acceptors (Lipinski definition) is 4. The SMILES string of the molecule is CCCCCCOc1ccc(-c2ccc(OCCCc3cn(CCC(F)(F)C(F)(F)C(F)(F)C(F)(F)C(F)(F)C(F)(F)F)nn3)cc2)cc1. The number of alkyl halides is 13. The Kier molecular flexibility index (Phi) is 12.5. The van der Waals surface area contributed by atoms with Crippen LogP contribution in [-0.4, -0.2) is 64.0 Å². The zero-order valence-electron chi connectivity index (χ0n) is 25.8. The average molecular weight is 726 g/mol. The number of aromatic nitrogens is 3. The molecule has 5 nitrogen and oxygen atoms in total. The summed E-state index contributed by atoms with van der Waals surface area (Å²) < 4.78 is 185. The first kappa shape index (κ1) is 39.7. The van der Waals surface area contributed by atoms with E-state index in [1.165, 1.54) is 0 Å². The molecule has 0 atom stereocenters. The number of nitrogens with zero attached hydrogens (tertiary/aromatic N) is 3. The van der Waals surface area contributed by atoms with Crippen molar-refractivity contribution in [1.82, 2.24) is 15.0 Å². The molecule has 3 rings (SSSR count). The van der Waals surface area contributed by atoms with Crippen LogP contribution in [0.1, 0.15) is 51.1 Å². The molecule has 3 aromatic rings. The Hall–Kier alpha value is -3.73. The van der Waals surface area contributed by atoms with Gasteiger partial charge in [0, 0.05) is 19.2 Å². The normalized spacial score (nSPS) is 13.5. The summed E-state index contributed by atoms with van der Waals surface area (Å²) in [5.41, 5.74) is 1.96. The van der Waals surface area contributed by atoms with Crippen molar-refractivity contribution in [1.29, 1.82) is 0 Å². The molecule has 274 valence electrons. The first-order valence-corrected chi connectivity index (χ1v) is 15.0. The molecule has 0 saturated carbocycles. The highest BCUT2D eigenvalue weighted by Gasteiger charge is 2.90. The van der Waals surface area contributed by atoms with Crippen LogP contribution in [0.4, 0.5) is 57.1 Å². The van der Waals surface area contributed by atoms with Gasteiger partial charge in [0.1, 0.15) is 11.5 Å². The van der Waals surface area contributed by atoms with Gasteiger partial charge in [-0.25, -0.2) is 0 Å². The van der Waals surface area contributed by atoms with Crippen molar-refractivity contribution < 1.29 is 66.5 Å². The van der Waals surface area contributed by atoms with Crippen molar-refractivity contribution in [3.63, 3.8) is 0 Å². The van der Waals surface area contributed by atoms with Gasteiger partial charge in [0.2, 0.25) is 0 Å². The fraction of sp³-hybridized carbons (Fsp3) is 0.548. The van der Waals surface area contributed by atoms with Crippen molar-refractivity contribution in [2.24, 2.45) is 0 Å². The number of rotatable bonds is 19. The minimum absolute atomic E-state index is 0.101. The van der Waals surface area contributed by atoms with E-state index in [0.29, 0.717) is 17.0 Å². The van der Waals surface area contributed by atoms with Gasteiger partial charge >= 0.3 is 35.8 Å². The molecule has 0 aliphatic rings. The lowest BCUT2D eigenvalue weighted by atomic mass is 9.92. The first-order chi connectivity index (χ1) is 22.7. The summed E-state index contributed by atoms with van der Waals surface area (Å²) in [5, 5.41) is 6.90. The van der Waals surface area contributed by atoms with E-state index in [2.05, 4.69) is 17.2 Å². The molecule has 2 aromatic carbocycles. The molecule has 49 heavy (non-hydrogen) atoms. The third kappa shape index (κ3) is 8.90. The lowest BCUT2D eigenvalue weighted by Crippen LogP contribution is -2.70. The summed E-state index contributed by atoms with van der Waals surface area (Å²) in [6.45, 7) is 1.55. The van der Waals surface area contributed by atoms with Gasteiger partial charge in [0.15, 0.2) is 0 Å². The van der Waals surface area contributed by atoms with Crippen LogP contribution in [-0.2, 0) is 13.0 Å². The molecular weight excluding hydrogens is 693 g/mol. The number of hydrogen-bond donors (Lipinski definition) is 0. The quantitative estimate of drug-likeness (QED) is 0.0912. The zero-order valence-corrected chi connectivity index (χ0v) is 25.8. The summed E-state index contributed by atoms with van der Waals surface area (Å²) in [6.07, 6.45) is -4.10. The monoisotopic (exact) mass is 725 g/mol. The molecule has 1 heterocycles. The lowest BCUT2D eigenvalue weighted by molar-refractivity contribution is -0.440. The van der Waals surface area contributed by atoms with Gasteiger partial charge in [0.25, 0.3) is 0 Å². The summed E-state index contributed by atoms with van der Waals surface area (Å²) in [4.78, 5) is 0. The number of benzene rings is 2. The Morgan fingerprint density at radius 2 is 1.08 bits per heavy atom. The molecule has 18 heteroatoms. The maximum absolute atomic E-state index is 14.1. The zero-order chi connectivity index (χ0) is 36.7. The Morgan fingerprint density at radius 3 is 1.57 bits per heavy atom. The van der Waals surface area contributed by atoms with E-state index < -0.39 is 48.8 Å². The van der Waals surface area contributed by atoms with E-state index in [1.54, 1.807) is 12.1 Å². The number of unbranched alkanes of at least 4 members (excludes halogenated alkanes) is 3. The van der Waals surface area contributed by atoms with Gasteiger partial charge in [-0.05, 0) is 54.7 Å². The summed E-state index contributed by atoms with van der Waals surface area (Å²) in [6, 6.07) is 14.7. The molecule has 0 N–H and O–H groups in total. The van der Waals surface area contributed by atoms with Crippen LogP contribution < -0.4 is 9.47 Å². The molecule has 0 unspecified atom stereocenters. The Bertz CT molecular complexity index is 1460. The maximum atomic E-state index is 14.1. The van der Waals surface area contributed by atoms with Crippen LogP contribution in [0.2, 0.25) is 0 Å². The standard InChI is InChI=1S/C31H32F13N3O2/c1-2-3-4-5-18-48-24-12-8-21(9-13-24)22-10-14-25(15-11-22)49-19-6-7-23-20-47(46-45-23)17-16-26(32,33)27(34,35)28(36,37)29(38,39)30(40,41)31(42,43)44/h8-15,20H,2-7,16-19H2,1H3. The van der Waals surface area contributed by atoms with E-state index >= 15 is 0 Å². The number of aryl methyl sites for hydroxylation is 2. The predicted molar refractivity (Wildman–Crippen MR) is 151 cm³/mol. The molecular formula is C31H32F13N3O2. The average Bonchev–Trinajstić information content (AvgIpc) is 3.49. The molecule has 0 spiro atoms. The van der Waals surface area contributed by atoms with Gasteiger partial charge in [-0.3, -0.25) is 4.68 Å². The van der Waals surface area contributed by atoms with Gasteiger partial charge in [0.05, 0.1) is 18.9 Å². The summed E-state index contributed by atoms with van der Waals surface area (Å²) >= 11 is 0. The van der Waals surface area contributed by atoms with E-state index in [0.717, 1.165) is 48.8 Å². The molecule has 1 aromatic heterocycles. The van der Waals surface area contributed by atoms with Crippen molar-refractivity contribution in [2.45, 2.75) is 94.2 Å². The molecule has 0 fully saturated rings. The minimum Gasteiger partial charge on any atom is -0.494 e. The maximum Gasteiger partial charge on any atom is 0.460 e. The van der Waals surface area contributed by atoms with E-state index in [9.17, 15) is 57.1 Å². The topological polar surface area (TPSA) is 49.2 Å². The highest BCUT2D eigenvalue weighted by atomic mass is 19.4. The van der Waals surface area contributed by atoms with Gasteiger partial charge in [-0.2, -0.15) is 57.1 Å². The van der Waals surface area contributed by atoms with E-state index in [-0.39, 0.29) is 25.1 Å². The van der Waals surface area contributed by atoms with Gasteiger partial charge in [-0.1, -0.05) is 55.7 Å². The van der Waals surface area contributed by atoms with Crippen molar-refractivity contribution >= 4 is 0 Å². The molecule has 0 bridgehead atoms. The highest BCUT2D eigenvalue weighted by molar-refractivity contribution is 5.64. The summed E-state index contributed by atoms with van der Waals surface area (Å²) in [7, 11) is 0. The van der Waals surface area contributed by atoms with E-state index in [1.807, 2.05) is 36.4 Å². The van der Waals surface area contributed by atoms with Crippen LogP contribution in [0.15, 0.2) is 54.7 Å². The Labute approximate surface area is 272 Å². The van der Waals surface area contributed by atoms with Crippen molar-refractivity contribution in [3.05, 3.63) is 60.4 Å². The molecule has 0 aliphatic heterocycles. The van der Waals surface area contributed by atoms with Crippen LogP contribution in [0, 0.1) is 0 Å². The van der Waals surface area contributed by atoms with Gasteiger partial charge in [-0.15, -0.1) is 5.10 Å².